The average molecular weight is 260 g/mol. The number of halogens is 1. The molecule has 0 aromatic heterocycles. The topological polar surface area (TPSA) is 12.0 Å². The lowest BCUT2D eigenvalue weighted by Crippen LogP contribution is -2.06. The zero-order valence-corrected chi connectivity index (χ0v) is 11.6. The Bertz CT molecular complexity index is 534. The fourth-order valence-electron chi connectivity index (χ4n) is 2.02. The molecule has 0 saturated heterocycles. The number of hydrogen-bond donors (Lipinski definition) is 1. The molecule has 0 aliphatic heterocycles. The fraction of sp³-hybridized carbons (Fsp3) is 0.250. The van der Waals surface area contributed by atoms with Gasteiger partial charge in [0.2, 0.25) is 0 Å². The highest BCUT2D eigenvalue weighted by molar-refractivity contribution is 6.31. The van der Waals surface area contributed by atoms with Crippen LogP contribution in [0.15, 0.2) is 42.5 Å². The monoisotopic (exact) mass is 259 g/mol. The first kappa shape index (κ1) is 13.0. The minimum atomic E-state index is 0.816. The van der Waals surface area contributed by atoms with Crippen LogP contribution in [0, 0.1) is 13.8 Å². The molecule has 0 atom stereocenters. The van der Waals surface area contributed by atoms with Gasteiger partial charge in [0.1, 0.15) is 0 Å². The molecule has 0 aliphatic rings. The van der Waals surface area contributed by atoms with Crippen molar-refractivity contribution in [2.75, 3.05) is 11.9 Å². The minimum Gasteiger partial charge on any atom is -0.384 e. The van der Waals surface area contributed by atoms with Crippen LogP contribution in [-0.4, -0.2) is 6.54 Å². The van der Waals surface area contributed by atoms with Crippen molar-refractivity contribution in [3.63, 3.8) is 0 Å². The molecule has 94 valence electrons. The van der Waals surface area contributed by atoms with E-state index < -0.39 is 0 Å². The van der Waals surface area contributed by atoms with Gasteiger partial charge in [-0.2, -0.15) is 0 Å². The fourth-order valence-corrected chi connectivity index (χ4v) is 2.20. The van der Waals surface area contributed by atoms with Gasteiger partial charge in [0, 0.05) is 17.3 Å². The van der Waals surface area contributed by atoms with Gasteiger partial charge in [0.15, 0.2) is 0 Å². The highest BCUT2D eigenvalue weighted by atomic mass is 35.5. The molecule has 0 amide bonds. The molecule has 2 aromatic rings. The van der Waals surface area contributed by atoms with Gasteiger partial charge in [0.05, 0.1) is 0 Å². The zero-order chi connectivity index (χ0) is 13.0. The maximum Gasteiger partial charge on any atom is 0.0455 e. The largest absolute Gasteiger partial charge is 0.384 e. The van der Waals surface area contributed by atoms with E-state index >= 15 is 0 Å². The van der Waals surface area contributed by atoms with Crippen LogP contribution in [0.5, 0.6) is 0 Å². The van der Waals surface area contributed by atoms with E-state index in [1.807, 2.05) is 19.1 Å². The van der Waals surface area contributed by atoms with Crippen LogP contribution >= 0.6 is 11.6 Å². The molecular weight excluding hydrogens is 242 g/mol. The van der Waals surface area contributed by atoms with Gasteiger partial charge in [-0.1, -0.05) is 41.9 Å². The molecule has 2 rings (SSSR count). The molecule has 0 unspecified atom stereocenters. The van der Waals surface area contributed by atoms with Crippen LogP contribution in [0.3, 0.4) is 0 Å². The average Bonchev–Trinajstić information content (AvgIpc) is 2.37. The lowest BCUT2D eigenvalue weighted by Gasteiger charge is -2.11. The summed E-state index contributed by atoms with van der Waals surface area (Å²) in [7, 11) is 0. The summed E-state index contributed by atoms with van der Waals surface area (Å²) >= 11 is 6.09. The summed E-state index contributed by atoms with van der Waals surface area (Å²) in [5.74, 6) is 0. The molecule has 0 bridgehead atoms. The second kappa shape index (κ2) is 5.92. The first-order valence-corrected chi connectivity index (χ1v) is 6.60. The Balaban J connectivity index is 1.97. The summed E-state index contributed by atoms with van der Waals surface area (Å²) < 4.78 is 0. The molecule has 0 aliphatic carbocycles. The van der Waals surface area contributed by atoms with Crippen molar-refractivity contribution in [2.45, 2.75) is 20.3 Å². The summed E-state index contributed by atoms with van der Waals surface area (Å²) in [6.45, 7) is 5.12. The maximum atomic E-state index is 6.09. The number of nitrogens with one attached hydrogen (secondary N) is 1. The van der Waals surface area contributed by atoms with E-state index in [9.17, 15) is 0 Å². The number of aryl methyl sites for hydroxylation is 1. The quantitative estimate of drug-likeness (QED) is 0.845. The third kappa shape index (κ3) is 3.05. The molecule has 1 nitrogen and oxygen atoms in total. The van der Waals surface area contributed by atoms with Gasteiger partial charge in [-0.3, -0.25) is 0 Å². The molecule has 1 N–H and O–H groups in total. The third-order valence-corrected chi connectivity index (χ3v) is 3.65. The molecular formula is C16H18ClN. The van der Waals surface area contributed by atoms with Crippen molar-refractivity contribution < 1.29 is 0 Å². The second-order valence-electron chi connectivity index (χ2n) is 4.52. The van der Waals surface area contributed by atoms with E-state index in [1.165, 1.54) is 11.1 Å². The van der Waals surface area contributed by atoms with Crippen LogP contribution in [0.25, 0.3) is 0 Å². The molecule has 0 spiro atoms. The van der Waals surface area contributed by atoms with E-state index in [1.54, 1.807) is 0 Å². The molecule has 0 radical (unpaired) electrons. The molecule has 0 fully saturated rings. The summed E-state index contributed by atoms with van der Waals surface area (Å²) in [4.78, 5) is 0. The van der Waals surface area contributed by atoms with Gasteiger partial charge in [-0.15, -0.1) is 0 Å². The first-order valence-electron chi connectivity index (χ1n) is 6.22. The Morgan fingerprint density at radius 3 is 2.56 bits per heavy atom. The Morgan fingerprint density at radius 1 is 1.00 bits per heavy atom. The summed E-state index contributed by atoms with van der Waals surface area (Å²) in [5.41, 5.74) is 4.98. The van der Waals surface area contributed by atoms with E-state index in [0.29, 0.717) is 0 Å². The Labute approximate surface area is 114 Å². The third-order valence-electron chi connectivity index (χ3n) is 3.24. The molecule has 0 heterocycles. The molecule has 2 aromatic carbocycles. The van der Waals surface area contributed by atoms with Gasteiger partial charge < -0.3 is 5.32 Å². The van der Waals surface area contributed by atoms with E-state index in [-0.39, 0.29) is 0 Å². The predicted molar refractivity (Wildman–Crippen MR) is 79.6 cm³/mol. The van der Waals surface area contributed by atoms with E-state index in [2.05, 4.69) is 42.6 Å². The van der Waals surface area contributed by atoms with E-state index in [4.69, 9.17) is 11.6 Å². The highest BCUT2D eigenvalue weighted by Crippen LogP contribution is 2.22. The van der Waals surface area contributed by atoms with Gasteiger partial charge >= 0.3 is 0 Å². The predicted octanol–water partition coefficient (Wildman–Crippen LogP) is 4.61. The lowest BCUT2D eigenvalue weighted by molar-refractivity contribution is 1.00. The van der Waals surface area contributed by atoms with Crippen molar-refractivity contribution >= 4 is 17.3 Å². The van der Waals surface area contributed by atoms with Crippen LogP contribution in [0.1, 0.15) is 16.7 Å². The summed E-state index contributed by atoms with van der Waals surface area (Å²) in [6.07, 6.45) is 1.03. The standard InChI is InChI=1S/C16H18ClN/c1-12-6-3-4-7-14(12)10-11-18-16-9-5-8-15(17)13(16)2/h3-9,18H,10-11H2,1-2H3. The maximum absolute atomic E-state index is 6.09. The number of anilines is 1. The van der Waals surface area contributed by atoms with Gasteiger partial charge in [-0.05, 0) is 49.1 Å². The van der Waals surface area contributed by atoms with Gasteiger partial charge in [-0.25, -0.2) is 0 Å². The van der Waals surface area contributed by atoms with Crippen molar-refractivity contribution in [2.24, 2.45) is 0 Å². The Hall–Kier alpha value is -1.47. The molecule has 2 heteroatoms. The normalized spacial score (nSPS) is 10.4. The van der Waals surface area contributed by atoms with Crippen molar-refractivity contribution in [1.29, 1.82) is 0 Å². The SMILES string of the molecule is Cc1ccccc1CCNc1cccc(Cl)c1C. The van der Waals surface area contributed by atoms with Crippen LogP contribution in [0.4, 0.5) is 5.69 Å². The first-order chi connectivity index (χ1) is 8.68. The van der Waals surface area contributed by atoms with Crippen LogP contribution in [-0.2, 0) is 6.42 Å². The molecule has 0 saturated carbocycles. The number of rotatable bonds is 4. The van der Waals surface area contributed by atoms with Crippen molar-refractivity contribution in [3.8, 4) is 0 Å². The summed E-state index contributed by atoms with van der Waals surface area (Å²) in [5, 5.41) is 4.26. The Kier molecular flexibility index (Phi) is 4.27. The van der Waals surface area contributed by atoms with Crippen LogP contribution < -0.4 is 5.32 Å². The van der Waals surface area contributed by atoms with Gasteiger partial charge in [0.25, 0.3) is 0 Å². The second-order valence-corrected chi connectivity index (χ2v) is 4.92. The number of hydrogen-bond acceptors (Lipinski definition) is 1. The smallest absolute Gasteiger partial charge is 0.0455 e. The van der Waals surface area contributed by atoms with Crippen LogP contribution in [0.2, 0.25) is 5.02 Å². The zero-order valence-electron chi connectivity index (χ0n) is 10.8. The van der Waals surface area contributed by atoms with E-state index in [0.717, 1.165) is 29.2 Å². The lowest BCUT2D eigenvalue weighted by atomic mass is 10.1. The summed E-state index contributed by atoms with van der Waals surface area (Å²) in [6, 6.07) is 14.5. The number of benzene rings is 2. The van der Waals surface area contributed by atoms with Crippen molar-refractivity contribution in [1.82, 2.24) is 0 Å². The minimum absolute atomic E-state index is 0.816. The highest BCUT2D eigenvalue weighted by Gasteiger charge is 2.01. The Morgan fingerprint density at radius 2 is 1.78 bits per heavy atom. The molecule has 18 heavy (non-hydrogen) atoms. The van der Waals surface area contributed by atoms with Crippen molar-refractivity contribution in [3.05, 3.63) is 64.2 Å².